The highest BCUT2D eigenvalue weighted by molar-refractivity contribution is 7.81. The zero-order chi connectivity index (χ0) is 14.0. The number of amides is 1. The Hall–Kier alpha value is -0.260. The molecule has 0 fully saturated rings. The predicted molar refractivity (Wildman–Crippen MR) is 79.3 cm³/mol. The van der Waals surface area contributed by atoms with Crippen LogP contribution in [0.2, 0.25) is 0 Å². The van der Waals surface area contributed by atoms with E-state index in [0.717, 1.165) is 32.5 Å². The molecular formula is C13H28N2O2S. The number of hydrogen-bond acceptors (Lipinski definition) is 4. The van der Waals surface area contributed by atoms with Crippen molar-refractivity contribution in [2.24, 2.45) is 0 Å². The topological polar surface area (TPSA) is 41.6 Å². The van der Waals surface area contributed by atoms with E-state index in [2.05, 4.69) is 31.8 Å². The summed E-state index contributed by atoms with van der Waals surface area (Å²) < 4.78 is 5.51. The molecule has 1 unspecified atom stereocenters. The van der Waals surface area contributed by atoms with E-state index < -0.39 is 0 Å². The first-order valence-corrected chi connectivity index (χ1v) is 7.21. The van der Waals surface area contributed by atoms with Crippen molar-refractivity contribution in [1.82, 2.24) is 10.2 Å². The molecule has 0 spiro atoms. The maximum absolute atomic E-state index is 11.5. The second-order valence-electron chi connectivity index (χ2n) is 4.86. The summed E-state index contributed by atoms with van der Waals surface area (Å²) in [4.78, 5) is 13.2. The molecular weight excluding hydrogens is 248 g/mol. The Balaban J connectivity index is 3.33. The molecule has 0 bridgehead atoms. The average Bonchev–Trinajstić information content (AvgIpc) is 2.30. The lowest BCUT2D eigenvalue weighted by molar-refractivity contribution is -0.129. The fourth-order valence-electron chi connectivity index (χ4n) is 1.50. The first-order chi connectivity index (χ1) is 8.45. The van der Waals surface area contributed by atoms with Crippen LogP contribution in [0, 0.1) is 0 Å². The van der Waals surface area contributed by atoms with E-state index in [0.29, 0.717) is 12.6 Å². The zero-order valence-electron chi connectivity index (χ0n) is 12.1. The van der Waals surface area contributed by atoms with Crippen molar-refractivity contribution in [3.63, 3.8) is 0 Å². The molecule has 0 saturated heterocycles. The van der Waals surface area contributed by atoms with Gasteiger partial charge in [0.2, 0.25) is 5.91 Å². The molecule has 0 aromatic heterocycles. The number of thiol groups is 1. The van der Waals surface area contributed by atoms with Crippen LogP contribution in [-0.2, 0) is 9.53 Å². The third-order valence-electron chi connectivity index (χ3n) is 2.53. The average molecular weight is 276 g/mol. The summed E-state index contributed by atoms with van der Waals surface area (Å²) >= 11 is 4.12. The second-order valence-corrected chi connectivity index (χ2v) is 5.64. The summed E-state index contributed by atoms with van der Waals surface area (Å²) in [5.74, 6) is 0.0690. The van der Waals surface area contributed by atoms with Gasteiger partial charge in [0.05, 0.1) is 5.25 Å². The molecule has 5 heteroatoms. The Bertz CT molecular complexity index is 223. The minimum atomic E-state index is -0.224. The Kier molecular flexibility index (Phi) is 10.5. The van der Waals surface area contributed by atoms with Crippen molar-refractivity contribution < 1.29 is 9.53 Å². The Morgan fingerprint density at radius 1 is 1.28 bits per heavy atom. The number of hydrogen-bond donors (Lipinski definition) is 2. The molecule has 0 aliphatic rings. The van der Waals surface area contributed by atoms with Crippen molar-refractivity contribution in [3.05, 3.63) is 0 Å². The Labute approximate surface area is 117 Å². The van der Waals surface area contributed by atoms with Crippen molar-refractivity contribution in [1.29, 1.82) is 0 Å². The molecule has 0 aliphatic heterocycles. The molecule has 0 aromatic rings. The maximum Gasteiger partial charge on any atom is 0.234 e. The fourth-order valence-corrected chi connectivity index (χ4v) is 1.70. The summed E-state index contributed by atoms with van der Waals surface area (Å²) in [5, 5.41) is 3.12. The van der Waals surface area contributed by atoms with E-state index in [9.17, 15) is 4.79 Å². The van der Waals surface area contributed by atoms with Gasteiger partial charge in [-0.25, -0.2) is 0 Å². The van der Waals surface area contributed by atoms with E-state index in [4.69, 9.17) is 4.74 Å². The van der Waals surface area contributed by atoms with Crippen molar-refractivity contribution in [2.45, 2.75) is 44.9 Å². The number of nitrogens with zero attached hydrogens (tertiary/aromatic N) is 1. The highest BCUT2D eigenvalue weighted by Crippen LogP contribution is 1.99. The van der Waals surface area contributed by atoms with Crippen LogP contribution < -0.4 is 5.32 Å². The van der Waals surface area contributed by atoms with Crippen molar-refractivity contribution >= 4 is 18.5 Å². The molecule has 0 rings (SSSR count). The number of rotatable bonds is 10. The molecule has 1 N–H and O–H groups in total. The molecule has 0 aliphatic carbocycles. The minimum Gasteiger partial charge on any atom is -0.381 e. The van der Waals surface area contributed by atoms with Crippen molar-refractivity contribution in [2.75, 3.05) is 33.4 Å². The van der Waals surface area contributed by atoms with Gasteiger partial charge in [0.25, 0.3) is 0 Å². The molecule has 0 heterocycles. The van der Waals surface area contributed by atoms with Crippen LogP contribution in [0.25, 0.3) is 0 Å². The number of nitrogens with one attached hydrogen (secondary N) is 1. The van der Waals surface area contributed by atoms with Gasteiger partial charge in [0.15, 0.2) is 0 Å². The van der Waals surface area contributed by atoms with Crippen LogP contribution in [-0.4, -0.2) is 55.4 Å². The highest BCUT2D eigenvalue weighted by Gasteiger charge is 2.12. The predicted octanol–water partition coefficient (Wildman–Crippen LogP) is 1.56. The van der Waals surface area contributed by atoms with E-state index in [-0.39, 0.29) is 11.2 Å². The molecule has 0 radical (unpaired) electrons. The SMILES string of the molecule is CC(C)NCCCOCCCN(C)C(=O)C(C)S. The Morgan fingerprint density at radius 2 is 1.89 bits per heavy atom. The van der Waals surface area contributed by atoms with E-state index >= 15 is 0 Å². The van der Waals surface area contributed by atoms with Gasteiger partial charge in [-0.1, -0.05) is 13.8 Å². The maximum atomic E-state index is 11.5. The fraction of sp³-hybridized carbons (Fsp3) is 0.923. The van der Waals surface area contributed by atoms with Gasteiger partial charge in [0, 0.05) is 32.8 Å². The minimum absolute atomic E-state index is 0.0690. The summed E-state index contributed by atoms with van der Waals surface area (Å²) in [6.45, 7) is 9.27. The Morgan fingerprint density at radius 3 is 2.44 bits per heavy atom. The van der Waals surface area contributed by atoms with E-state index in [1.165, 1.54) is 0 Å². The van der Waals surface area contributed by atoms with E-state index in [1.807, 2.05) is 7.05 Å². The molecule has 0 aromatic carbocycles. The largest absolute Gasteiger partial charge is 0.381 e. The smallest absolute Gasteiger partial charge is 0.234 e. The number of carbonyl (C=O) groups excluding carboxylic acids is 1. The molecule has 18 heavy (non-hydrogen) atoms. The quantitative estimate of drug-likeness (QED) is 0.470. The van der Waals surface area contributed by atoms with Crippen molar-refractivity contribution in [3.8, 4) is 0 Å². The van der Waals surface area contributed by atoms with Gasteiger partial charge >= 0.3 is 0 Å². The lowest BCUT2D eigenvalue weighted by atomic mass is 10.3. The van der Waals surface area contributed by atoms with Gasteiger partial charge in [-0.2, -0.15) is 12.6 Å². The highest BCUT2D eigenvalue weighted by atomic mass is 32.1. The molecule has 108 valence electrons. The van der Waals surface area contributed by atoms with Gasteiger partial charge in [-0.05, 0) is 26.3 Å². The third-order valence-corrected chi connectivity index (χ3v) is 2.75. The lowest BCUT2D eigenvalue weighted by Gasteiger charge is -2.18. The molecule has 0 saturated carbocycles. The van der Waals surface area contributed by atoms with Crippen LogP contribution in [0.15, 0.2) is 0 Å². The number of ether oxygens (including phenoxy) is 1. The summed E-state index contributed by atoms with van der Waals surface area (Å²) in [7, 11) is 1.81. The summed E-state index contributed by atoms with van der Waals surface area (Å²) in [6, 6.07) is 0.535. The van der Waals surface area contributed by atoms with Crippen LogP contribution in [0.3, 0.4) is 0 Å². The number of carbonyl (C=O) groups is 1. The molecule has 1 atom stereocenters. The van der Waals surface area contributed by atoms with Gasteiger partial charge in [-0.15, -0.1) is 0 Å². The van der Waals surface area contributed by atoms with Gasteiger partial charge < -0.3 is 15.0 Å². The first kappa shape index (κ1) is 17.7. The van der Waals surface area contributed by atoms with Crippen LogP contribution in [0.4, 0.5) is 0 Å². The standard InChI is InChI=1S/C13H28N2O2S/c1-11(2)14-7-5-9-17-10-6-8-15(4)13(16)12(3)18/h11-12,14,18H,5-10H2,1-4H3. The zero-order valence-corrected chi connectivity index (χ0v) is 13.0. The first-order valence-electron chi connectivity index (χ1n) is 6.69. The third kappa shape index (κ3) is 9.74. The monoisotopic (exact) mass is 276 g/mol. The second kappa shape index (κ2) is 10.6. The summed E-state index contributed by atoms with van der Waals surface area (Å²) in [6.07, 6.45) is 1.90. The van der Waals surface area contributed by atoms with Gasteiger partial charge in [0.1, 0.15) is 0 Å². The lowest BCUT2D eigenvalue weighted by Crippen LogP contribution is -2.33. The van der Waals surface area contributed by atoms with Crippen LogP contribution in [0.1, 0.15) is 33.6 Å². The molecule has 1 amide bonds. The van der Waals surface area contributed by atoms with E-state index in [1.54, 1.807) is 11.8 Å². The normalized spacial score (nSPS) is 12.8. The van der Waals surface area contributed by atoms with Crippen LogP contribution in [0.5, 0.6) is 0 Å². The van der Waals surface area contributed by atoms with Gasteiger partial charge in [-0.3, -0.25) is 4.79 Å². The summed E-state index contributed by atoms with van der Waals surface area (Å²) in [5.41, 5.74) is 0. The molecule has 4 nitrogen and oxygen atoms in total. The van der Waals surface area contributed by atoms with Crippen LogP contribution >= 0.6 is 12.6 Å².